The summed E-state index contributed by atoms with van der Waals surface area (Å²) in [7, 11) is 0. The van der Waals surface area contributed by atoms with Crippen molar-refractivity contribution >= 4 is 0 Å². The van der Waals surface area contributed by atoms with Crippen LogP contribution in [-0.2, 0) is 10.8 Å². The van der Waals surface area contributed by atoms with Crippen LogP contribution < -0.4 is 0 Å². The van der Waals surface area contributed by atoms with Crippen LogP contribution in [-0.4, -0.2) is 5.92 Å². The standard InChI is InChI=1S/C19H20F2/c1-3-17(15-11-7-5-8-12-15)18(4-2,19(17,20)21)16-13-9-6-10-14-16/h5-14H,3-4H2,1-2H3. The first-order valence-electron chi connectivity index (χ1n) is 7.57. The molecule has 1 aliphatic rings. The summed E-state index contributed by atoms with van der Waals surface area (Å²) >= 11 is 0. The molecule has 21 heavy (non-hydrogen) atoms. The van der Waals surface area contributed by atoms with Crippen LogP contribution in [0.1, 0.15) is 37.8 Å². The molecule has 2 atom stereocenters. The zero-order chi connectivity index (χ0) is 15.1. The molecule has 110 valence electrons. The molecular formula is C19H20F2. The van der Waals surface area contributed by atoms with Crippen LogP contribution in [0.4, 0.5) is 8.78 Å². The van der Waals surface area contributed by atoms with Crippen LogP contribution >= 0.6 is 0 Å². The van der Waals surface area contributed by atoms with Crippen molar-refractivity contribution in [3.05, 3.63) is 71.8 Å². The highest BCUT2D eigenvalue weighted by Gasteiger charge is 2.89. The summed E-state index contributed by atoms with van der Waals surface area (Å²) < 4.78 is 30.3. The third kappa shape index (κ3) is 1.48. The van der Waals surface area contributed by atoms with Crippen molar-refractivity contribution in [3.8, 4) is 0 Å². The minimum Gasteiger partial charge on any atom is -0.205 e. The van der Waals surface area contributed by atoms with Crippen molar-refractivity contribution < 1.29 is 8.78 Å². The van der Waals surface area contributed by atoms with E-state index in [9.17, 15) is 0 Å². The lowest BCUT2D eigenvalue weighted by Gasteiger charge is -2.22. The van der Waals surface area contributed by atoms with Crippen LogP contribution in [0.15, 0.2) is 60.7 Å². The summed E-state index contributed by atoms with van der Waals surface area (Å²) in [4.78, 5) is 0. The van der Waals surface area contributed by atoms with Gasteiger partial charge in [-0.3, -0.25) is 0 Å². The van der Waals surface area contributed by atoms with E-state index in [1.807, 2.05) is 74.5 Å². The minimum absolute atomic E-state index is 0.437. The Kier molecular flexibility index (Phi) is 3.16. The first-order valence-corrected chi connectivity index (χ1v) is 7.57. The maximum Gasteiger partial charge on any atom is 0.269 e. The van der Waals surface area contributed by atoms with Gasteiger partial charge in [-0.05, 0) is 24.0 Å². The molecule has 1 fully saturated rings. The molecule has 1 aliphatic carbocycles. The SMILES string of the molecule is CCC1(c2ccccc2)C(F)(F)C1(CC)c1ccccc1. The maximum atomic E-state index is 15.1. The minimum atomic E-state index is -2.72. The Labute approximate surface area is 124 Å². The molecule has 0 N–H and O–H groups in total. The monoisotopic (exact) mass is 286 g/mol. The first-order chi connectivity index (χ1) is 10.1. The molecule has 0 amide bonds. The number of benzene rings is 2. The summed E-state index contributed by atoms with van der Waals surface area (Å²) in [5, 5.41) is 0. The van der Waals surface area contributed by atoms with Crippen molar-refractivity contribution in [2.75, 3.05) is 0 Å². The Balaban J connectivity index is 2.23. The first kappa shape index (κ1) is 14.2. The van der Waals surface area contributed by atoms with Crippen LogP contribution in [0.25, 0.3) is 0 Å². The molecule has 3 rings (SSSR count). The second-order valence-electron chi connectivity index (χ2n) is 5.82. The molecule has 2 unspecified atom stereocenters. The molecule has 2 heteroatoms. The van der Waals surface area contributed by atoms with Crippen LogP contribution in [0, 0.1) is 0 Å². The third-order valence-electron chi connectivity index (χ3n) is 5.33. The van der Waals surface area contributed by atoms with E-state index in [2.05, 4.69) is 0 Å². The fraction of sp³-hybridized carbons (Fsp3) is 0.368. The van der Waals surface area contributed by atoms with Crippen molar-refractivity contribution in [2.45, 2.75) is 43.4 Å². The predicted octanol–water partition coefficient (Wildman–Crippen LogP) is 5.33. The molecule has 0 bridgehead atoms. The van der Waals surface area contributed by atoms with Gasteiger partial charge in [-0.2, -0.15) is 0 Å². The summed E-state index contributed by atoms with van der Waals surface area (Å²) in [6.07, 6.45) is 0.874. The third-order valence-corrected chi connectivity index (χ3v) is 5.33. The summed E-state index contributed by atoms with van der Waals surface area (Å²) in [6.45, 7) is 3.75. The molecule has 0 nitrogen and oxygen atoms in total. The van der Waals surface area contributed by atoms with E-state index in [0.717, 1.165) is 11.1 Å². The molecule has 0 aromatic heterocycles. The van der Waals surface area contributed by atoms with E-state index in [1.54, 1.807) is 0 Å². The summed E-state index contributed by atoms with van der Waals surface area (Å²) in [6, 6.07) is 18.6. The van der Waals surface area contributed by atoms with Crippen molar-refractivity contribution in [1.29, 1.82) is 0 Å². The lowest BCUT2D eigenvalue weighted by atomic mass is 9.78. The van der Waals surface area contributed by atoms with Crippen LogP contribution in [0.2, 0.25) is 0 Å². The zero-order valence-electron chi connectivity index (χ0n) is 12.4. The molecule has 0 radical (unpaired) electrons. The predicted molar refractivity (Wildman–Crippen MR) is 81.8 cm³/mol. The van der Waals surface area contributed by atoms with Crippen molar-refractivity contribution in [2.24, 2.45) is 0 Å². The largest absolute Gasteiger partial charge is 0.269 e. The smallest absolute Gasteiger partial charge is 0.205 e. The second-order valence-corrected chi connectivity index (χ2v) is 5.82. The fourth-order valence-electron chi connectivity index (χ4n) is 4.36. The zero-order valence-corrected chi connectivity index (χ0v) is 12.4. The summed E-state index contributed by atoms with van der Waals surface area (Å²) in [5.41, 5.74) is -0.666. The normalized spacial score (nSPS) is 30.1. The number of rotatable bonds is 4. The summed E-state index contributed by atoms with van der Waals surface area (Å²) in [5.74, 6) is -2.72. The number of halogens is 2. The lowest BCUT2D eigenvalue weighted by molar-refractivity contribution is 0.0674. The second kappa shape index (κ2) is 4.66. The molecule has 2 aromatic rings. The van der Waals surface area contributed by atoms with Crippen LogP contribution in [0.5, 0.6) is 0 Å². The van der Waals surface area contributed by atoms with Gasteiger partial charge in [-0.25, -0.2) is 8.78 Å². The van der Waals surface area contributed by atoms with Gasteiger partial charge < -0.3 is 0 Å². The van der Waals surface area contributed by atoms with Gasteiger partial charge in [0, 0.05) is 0 Å². The van der Waals surface area contributed by atoms with Gasteiger partial charge in [0.25, 0.3) is 5.92 Å². The number of hydrogen-bond donors (Lipinski definition) is 0. The number of hydrogen-bond acceptors (Lipinski definition) is 0. The van der Waals surface area contributed by atoms with Gasteiger partial charge in [-0.15, -0.1) is 0 Å². The van der Waals surface area contributed by atoms with Gasteiger partial charge in [0.15, 0.2) is 0 Å². The van der Waals surface area contributed by atoms with E-state index >= 15 is 8.78 Å². The Hall–Kier alpha value is -1.70. The fourth-order valence-corrected chi connectivity index (χ4v) is 4.36. The lowest BCUT2D eigenvalue weighted by Crippen LogP contribution is -2.21. The highest BCUT2D eigenvalue weighted by molar-refractivity contribution is 5.56. The molecule has 0 spiro atoms. The van der Waals surface area contributed by atoms with E-state index < -0.39 is 16.8 Å². The van der Waals surface area contributed by atoms with Crippen LogP contribution in [0.3, 0.4) is 0 Å². The van der Waals surface area contributed by atoms with E-state index in [0.29, 0.717) is 12.8 Å². The quantitative estimate of drug-likeness (QED) is 0.712. The van der Waals surface area contributed by atoms with Crippen molar-refractivity contribution in [1.82, 2.24) is 0 Å². The van der Waals surface area contributed by atoms with E-state index in [1.165, 1.54) is 0 Å². The Morgan fingerprint density at radius 3 is 1.29 bits per heavy atom. The Morgan fingerprint density at radius 1 is 0.667 bits per heavy atom. The molecular weight excluding hydrogens is 266 g/mol. The van der Waals surface area contributed by atoms with Crippen molar-refractivity contribution in [3.63, 3.8) is 0 Å². The maximum absolute atomic E-state index is 15.1. The molecule has 0 heterocycles. The van der Waals surface area contributed by atoms with Gasteiger partial charge in [0.2, 0.25) is 0 Å². The topological polar surface area (TPSA) is 0 Å². The van der Waals surface area contributed by atoms with Gasteiger partial charge in [0.1, 0.15) is 0 Å². The van der Waals surface area contributed by atoms with Gasteiger partial charge in [-0.1, -0.05) is 74.5 Å². The highest BCUT2D eigenvalue weighted by atomic mass is 19.3. The Bertz CT molecular complexity index is 565. The molecule has 1 saturated carbocycles. The van der Waals surface area contributed by atoms with E-state index in [4.69, 9.17) is 0 Å². The molecule has 0 aliphatic heterocycles. The molecule has 0 saturated heterocycles. The van der Waals surface area contributed by atoms with E-state index in [-0.39, 0.29) is 0 Å². The van der Waals surface area contributed by atoms with Gasteiger partial charge >= 0.3 is 0 Å². The molecule has 2 aromatic carbocycles. The van der Waals surface area contributed by atoms with Gasteiger partial charge in [0.05, 0.1) is 10.8 Å². The highest BCUT2D eigenvalue weighted by Crippen LogP contribution is 2.78. The average Bonchev–Trinajstić information content (AvgIpc) is 3.00. The average molecular weight is 286 g/mol. The number of alkyl halides is 2. The Morgan fingerprint density at radius 2 is 1.00 bits per heavy atom.